The standard InChI is InChI=1S/C38H70O4Si/c1-11-43(12-2,13-3)42-35(6,7)20-14-15-27(25-41-26-34(4,5)39)30-16-17-31-29-23-33(40-10)38-24-28(38)18-22-37(38,9)32(29)19-21-36(30,31)8/h27-33,39H,11-26H2,1-10H3/t27-,28+,29-,30+,31-,32-,33+,36+,37+,38-/m0/s1. The Morgan fingerprint density at radius 3 is 2.23 bits per heavy atom. The summed E-state index contributed by atoms with van der Waals surface area (Å²) in [5.74, 6) is 4.75. The topological polar surface area (TPSA) is 47.9 Å². The summed E-state index contributed by atoms with van der Waals surface area (Å²) >= 11 is 0. The number of aliphatic hydroxyl groups is 1. The number of ether oxygens (including phenoxy) is 2. The molecule has 250 valence electrons. The van der Waals surface area contributed by atoms with Gasteiger partial charge in [-0.25, -0.2) is 0 Å². The summed E-state index contributed by atoms with van der Waals surface area (Å²) in [7, 11) is 0.377. The Hall–Kier alpha value is 0.0569. The van der Waals surface area contributed by atoms with Crippen LogP contribution in [0.25, 0.3) is 0 Å². The molecule has 0 amide bonds. The lowest BCUT2D eigenvalue weighted by molar-refractivity contribution is -0.162. The average molecular weight is 619 g/mol. The summed E-state index contributed by atoms with van der Waals surface area (Å²) in [5.41, 5.74) is 0.558. The lowest BCUT2D eigenvalue weighted by atomic mass is 9.45. The summed E-state index contributed by atoms with van der Waals surface area (Å²) in [6, 6.07) is 3.64. The fourth-order valence-corrected chi connectivity index (χ4v) is 15.9. The Kier molecular flexibility index (Phi) is 9.80. The zero-order valence-corrected chi connectivity index (χ0v) is 31.0. The third-order valence-electron chi connectivity index (χ3n) is 15.0. The molecule has 5 heteroatoms. The molecule has 5 saturated carbocycles. The number of methoxy groups -OCH3 is 1. The van der Waals surface area contributed by atoms with E-state index in [2.05, 4.69) is 48.5 Å². The first-order valence-electron chi connectivity index (χ1n) is 18.7. The monoisotopic (exact) mass is 619 g/mol. The molecule has 0 bridgehead atoms. The van der Waals surface area contributed by atoms with Gasteiger partial charge >= 0.3 is 0 Å². The molecule has 1 spiro atoms. The van der Waals surface area contributed by atoms with Crippen LogP contribution in [-0.2, 0) is 13.9 Å². The quantitative estimate of drug-likeness (QED) is 0.186. The van der Waals surface area contributed by atoms with E-state index in [4.69, 9.17) is 13.9 Å². The average Bonchev–Trinajstić information content (AvgIpc) is 3.46. The highest BCUT2D eigenvalue weighted by Gasteiger charge is 2.77. The highest BCUT2D eigenvalue weighted by molar-refractivity contribution is 6.73. The molecular weight excluding hydrogens is 549 g/mol. The van der Waals surface area contributed by atoms with Crippen molar-refractivity contribution >= 4 is 8.32 Å². The number of hydrogen-bond acceptors (Lipinski definition) is 4. The molecule has 0 aromatic heterocycles. The zero-order valence-electron chi connectivity index (χ0n) is 30.0. The second kappa shape index (κ2) is 12.3. The molecule has 0 aromatic carbocycles. The summed E-state index contributed by atoms with van der Waals surface area (Å²) in [6.45, 7) is 22.1. The lowest BCUT2D eigenvalue weighted by Gasteiger charge is -2.61. The third kappa shape index (κ3) is 6.00. The maximum Gasteiger partial charge on any atom is 0.192 e. The zero-order chi connectivity index (χ0) is 31.5. The van der Waals surface area contributed by atoms with Gasteiger partial charge in [0.2, 0.25) is 0 Å². The van der Waals surface area contributed by atoms with Gasteiger partial charge in [-0.05, 0) is 156 Å². The molecular formula is C38H70O4Si. The van der Waals surface area contributed by atoms with Gasteiger partial charge in [-0.15, -0.1) is 0 Å². The van der Waals surface area contributed by atoms with Crippen LogP contribution in [0.4, 0.5) is 0 Å². The molecule has 5 aliphatic rings. The van der Waals surface area contributed by atoms with Crippen molar-refractivity contribution < 1.29 is 19.0 Å². The molecule has 1 N–H and O–H groups in total. The van der Waals surface area contributed by atoms with Crippen LogP contribution in [0.15, 0.2) is 0 Å². The van der Waals surface area contributed by atoms with Gasteiger partial charge in [0.05, 0.1) is 23.9 Å². The third-order valence-corrected chi connectivity index (χ3v) is 19.9. The van der Waals surface area contributed by atoms with E-state index < -0.39 is 13.9 Å². The fraction of sp³-hybridized carbons (Fsp3) is 1.00. The first-order valence-corrected chi connectivity index (χ1v) is 21.2. The molecule has 0 radical (unpaired) electrons. The van der Waals surface area contributed by atoms with E-state index in [0.717, 1.165) is 36.7 Å². The molecule has 0 aliphatic heterocycles. The first-order chi connectivity index (χ1) is 20.1. The van der Waals surface area contributed by atoms with Gasteiger partial charge in [-0.2, -0.15) is 0 Å². The fourth-order valence-electron chi connectivity index (χ4n) is 12.6. The Balaban J connectivity index is 1.30. The van der Waals surface area contributed by atoms with E-state index in [1.807, 2.05) is 21.0 Å². The lowest BCUT2D eigenvalue weighted by Crippen LogP contribution is -2.57. The molecule has 4 nitrogen and oxygen atoms in total. The molecule has 0 aromatic rings. The van der Waals surface area contributed by atoms with Crippen molar-refractivity contribution in [3.8, 4) is 0 Å². The van der Waals surface area contributed by atoms with Crippen molar-refractivity contribution in [1.29, 1.82) is 0 Å². The van der Waals surface area contributed by atoms with Crippen molar-refractivity contribution in [2.75, 3.05) is 20.3 Å². The van der Waals surface area contributed by atoms with Crippen LogP contribution >= 0.6 is 0 Å². The maximum absolute atomic E-state index is 10.4. The molecule has 10 atom stereocenters. The smallest absolute Gasteiger partial charge is 0.192 e. The summed E-state index contributed by atoms with van der Waals surface area (Å²) < 4.78 is 19.8. The maximum atomic E-state index is 10.4. The van der Waals surface area contributed by atoms with Gasteiger partial charge < -0.3 is 19.0 Å². The van der Waals surface area contributed by atoms with E-state index in [1.165, 1.54) is 82.3 Å². The first kappa shape index (κ1) is 34.4. The normalized spacial score (nSPS) is 41.4. The van der Waals surface area contributed by atoms with Crippen LogP contribution in [0.3, 0.4) is 0 Å². The molecule has 5 aliphatic carbocycles. The van der Waals surface area contributed by atoms with E-state index in [-0.39, 0.29) is 5.60 Å². The van der Waals surface area contributed by atoms with Crippen LogP contribution in [0, 0.1) is 51.8 Å². The van der Waals surface area contributed by atoms with Crippen molar-refractivity contribution in [3.63, 3.8) is 0 Å². The second-order valence-corrected chi connectivity index (χ2v) is 22.7. The van der Waals surface area contributed by atoms with Gasteiger partial charge in [0.25, 0.3) is 0 Å². The molecule has 5 fully saturated rings. The van der Waals surface area contributed by atoms with Crippen LogP contribution in [0.1, 0.15) is 133 Å². The van der Waals surface area contributed by atoms with Crippen molar-refractivity contribution in [2.24, 2.45) is 51.8 Å². The minimum absolute atomic E-state index is 0.0580. The summed E-state index contributed by atoms with van der Waals surface area (Å²) in [5, 5.41) is 10.4. The van der Waals surface area contributed by atoms with Crippen LogP contribution < -0.4 is 0 Å². The van der Waals surface area contributed by atoms with E-state index >= 15 is 0 Å². The Morgan fingerprint density at radius 2 is 1.63 bits per heavy atom. The molecule has 0 unspecified atom stereocenters. The van der Waals surface area contributed by atoms with Crippen LogP contribution in [-0.4, -0.2) is 51.1 Å². The molecule has 0 heterocycles. The largest absolute Gasteiger partial charge is 0.412 e. The van der Waals surface area contributed by atoms with E-state index in [1.54, 1.807) is 0 Å². The van der Waals surface area contributed by atoms with Gasteiger partial charge in [0, 0.05) is 19.1 Å². The minimum Gasteiger partial charge on any atom is -0.412 e. The highest BCUT2D eigenvalue weighted by atomic mass is 28.4. The predicted molar refractivity (Wildman–Crippen MR) is 181 cm³/mol. The van der Waals surface area contributed by atoms with E-state index in [0.29, 0.717) is 40.8 Å². The molecule has 43 heavy (non-hydrogen) atoms. The summed E-state index contributed by atoms with van der Waals surface area (Å²) in [6.07, 6.45) is 15.2. The molecule has 5 rings (SSSR count). The van der Waals surface area contributed by atoms with Gasteiger partial charge in [0.1, 0.15) is 0 Å². The number of hydrogen-bond donors (Lipinski definition) is 1. The number of fused-ring (bicyclic) bond motifs is 4. The Labute approximate surface area is 267 Å². The van der Waals surface area contributed by atoms with Crippen LogP contribution in [0.2, 0.25) is 18.1 Å². The second-order valence-electron chi connectivity index (χ2n) is 18.0. The minimum atomic E-state index is -1.64. The summed E-state index contributed by atoms with van der Waals surface area (Å²) in [4.78, 5) is 0. The molecule has 0 saturated heterocycles. The van der Waals surface area contributed by atoms with Crippen molar-refractivity contribution in [2.45, 2.75) is 168 Å². The predicted octanol–water partition coefficient (Wildman–Crippen LogP) is 9.64. The van der Waals surface area contributed by atoms with Gasteiger partial charge in [-0.3, -0.25) is 0 Å². The van der Waals surface area contributed by atoms with Crippen LogP contribution in [0.5, 0.6) is 0 Å². The Bertz CT molecular complexity index is 948. The SMILES string of the molecule is CC[Si](CC)(CC)OC(C)(C)CCC[C@@H](COCC(C)(C)O)[C@H]1CC[C@H]2[C@@H]3C[C@@H](OC)[C@]45C[C@H]4CC[C@]5(C)[C@H]3CC[C@]12C. The Morgan fingerprint density at radius 1 is 0.930 bits per heavy atom. The van der Waals surface area contributed by atoms with Gasteiger partial charge in [-0.1, -0.05) is 41.0 Å². The van der Waals surface area contributed by atoms with Gasteiger partial charge in [0.15, 0.2) is 8.32 Å². The highest BCUT2D eigenvalue weighted by Crippen LogP contribution is 2.82. The van der Waals surface area contributed by atoms with Crippen molar-refractivity contribution in [1.82, 2.24) is 0 Å². The number of rotatable bonds is 15. The van der Waals surface area contributed by atoms with Crippen molar-refractivity contribution in [3.05, 3.63) is 0 Å². The van der Waals surface area contributed by atoms with E-state index in [9.17, 15) is 5.11 Å².